The number of amides is 2. The number of nitrogens with one attached hydrogen (secondary N) is 3. The number of ether oxygens (including phenoxy) is 2. The second-order valence-electron chi connectivity index (χ2n) is 11.2. The average molecular weight is 684 g/mol. The molecule has 0 radical (unpaired) electrons. The molecule has 0 aliphatic heterocycles. The van der Waals surface area contributed by atoms with Crippen molar-refractivity contribution in [3.63, 3.8) is 0 Å². The maximum atomic E-state index is 12.7. The minimum Gasteiger partial charge on any atom is -0.445 e. The zero-order valence-electron chi connectivity index (χ0n) is 25.6. The molecule has 0 aliphatic carbocycles. The van der Waals surface area contributed by atoms with E-state index in [1.165, 1.54) is 0 Å². The lowest BCUT2D eigenvalue weighted by Crippen LogP contribution is -2.38. The van der Waals surface area contributed by atoms with Crippen LogP contribution >= 0.6 is 15.9 Å². The number of halogens is 1. The molecule has 0 aromatic heterocycles. The molecule has 0 atom stereocenters. The third kappa shape index (κ3) is 16.7. The summed E-state index contributed by atoms with van der Waals surface area (Å²) in [5.41, 5.74) is 0.354. The highest BCUT2D eigenvalue weighted by Crippen LogP contribution is 2.14. The highest BCUT2D eigenvalue weighted by Gasteiger charge is 2.21. The first-order chi connectivity index (χ1) is 20.5. The Labute approximate surface area is 265 Å². The number of hydrogen-bond donors (Lipinski definition) is 3. The number of carbonyl (C=O) groups is 2. The number of sulfonamides is 1. The number of alkyl carbamates (subject to hydrolysis) is 1. The SMILES string of the molecule is CC(C)(C)OC(=O)N(CCCCNCCCCNS(=O)(=O)c1ccc(Br)cc1)CCCCNC(=O)OCc1ccccc1. The Bertz CT molecular complexity index is 1190. The van der Waals surface area contributed by atoms with E-state index in [9.17, 15) is 18.0 Å². The molecule has 0 saturated carbocycles. The number of nitrogens with zero attached hydrogens (tertiary/aromatic N) is 1. The number of carbonyl (C=O) groups excluding carboxylic acids is 2. The van der Waals surface area contributed by atoms with Gasteiger partial charge in [0.25, 0.3) is 0 Å². The molecule has 2 aromatic carbocycles. The van der Waals surface area contributed by atoms with Crippen LogP contribution in [0.2, 0.25) is 0 Å². The Morgan fingerprint density at radius 1 is 0.814 bits per heavy atom. The minimum atomic E-state index is -3.49. The molecule has 0 unspecified atom stereocenters. The van der Waals surface area contributed by atoms with Crippen LogP contribution in [-0.4, -0.2) is 70.4 Å². The summed E-state index contributed by atoms with van der Waals surface area (Å²) in [4.78, 5) is 26.7. The summed E-state index contributed by atoms with van der Waals surface area (Å²) in [5, 5.41) is 6.14. The van der Waals surface area contributed by atoms with Crippen LogP contribution in [0.15, 0.2) is 64.0 Å². The Morgan fingerprint density at radius 3 is 2.02 bits per heavy atom. The zero-order valence-corrected chi connectivity index (χ0v) is 28.0. The summed E-state index contributed by atoms with van der Waals surface area (Å²) < 4.78 is 38.9. The van der Waals surface area contributed by atoms with Gasteiger partial charge in [0.05, 0.1) is 4.90 Å². The molecule has 0 spiro atoms. The van der Waals surface area contributed by atoms with Gasteiger partial charge in [-0.25, -0.2) is 22.7 Å². The van der Waals surface area contributed by atoms with Gasteiger partial charge in [-0.05, 0) is 102 Å². The van der Waals surface area contributed by atoms with Gasteiger partial charge in [0.2, 0.25) is 10.0 Å². The number of benzene rings is 2. The van der Waals surface area contributed by atoms with E-state index in [2.05, 4.69) is 31.3 Å². The second-order valence-corrected chi connectivity index (χ2v) is 13.9. The Hall–Kier alpha value is -2.67. The quantitative estimate of drug-likeness (QED) is 0.159. The number of hydrogen-bond acceptors (Lipinski definition) is 7. The molecule has 10 nitrogen and oxygen atoms in total. The summed E-state index contributed by atoms with van der Waals surface area (Å²) in [6.07, 6.45) is 3.94. The number of rotatable bonds is 19. The van der Waals surface area contributed by atoms with E-state index in [0.717, 1.165) is 55.2 Å². The van der Waals surface area contributed by atoms with Crippen LogP contribution < -0.4 is 15.4 Å². The van der Waals surface area contributed by atoms with Crippen LogP contribution in [0.5, 0.6) is 0 Å². The van der Waals surface area contributed by atoms with Gasteiger partial charge in [0, 0.05) is 30.7 Å². The molecule has 0 saturated heterocycles. The minimum absolute atomic E-state index is 0.225. The zero-order chi connectivity index (χ0) is 31.6. The van der Waals surface area contributed by atoms with Gasteiger partial charge < -0.3 is 25.0 Å². The fourth-order valence-corrected chi connectivity index (χ4v) is 5.31. The van der Waals surface area contributed by atoms with E-state index >= 15 is 0 Å². The summed E-state index contributed by atoms with van der Waals surface area (Å²) in [7, 11) is -3.49. The molecular formula is C31H47BrN4O6S. The largest absolute Gasteiger partial charge is 0.445 e. The molecule has 2 aromatic rings. The summed E-state index contributed by atoms with van der Waals surface area (Å²) in [6, 6.07) is 16.1. The van der Waals surface area contributed by atoms with E-state index in [1.54, 1.807) is 29.2 Å². The second kappa shape index (κ2) is 19.6. The van der Waals surface area contributed by atoms with Crippen LogP contribution in [0, 0.1) is 0 Å². The molecular weight excluding hydrogens is 636 g/mol. The van der Waals surface area contributed by atoms with Crippen molar-refractivity contribution in [3.05, 3.63) is 64.6 Å². The van der Waals surface area contributed by atoms with E-state index in [1.807, 2.05) is 51.1 Å². The van der Waals surface area contributed by atoms with Crippen molar-refractivity contribution in [3.8, 4) is 0 Å². The van der Waals surface area contributed by atoms with Gasteiger partial charge in [-0.2, -0.15) is 0 Å². The molecule has 0 aliphatic rings. The third-order valence-electron chi connectivity index (χ3n) is 6.22. The van der Waals surface area contributed by atoms with Gasteiger partial charge >= 0.3 is 12.2 Å². The lowest BCUT2D eigenvalue weighted by Gasteiger charge is -2.27. The maximum Gasteiger partial charge on any atom is 0.410 e. The van der Waals surface area contributed by atoms with Crippen LogP contribution in [0.1, 0.15) is 64.9 Å². The maximum absolute atomic E-state index is 12.7. The van der Waals surface area contributed by atoms with Gasteiger partial charge in [0.15, 0.2) is 0 Å². The van der Waals surface area contributed by atoms with Crippen molar-refractivity contribution < 1.29 is 27.5 Å². The lowest BCUT2D eigenvalue weighted by atomic mass is 10.2. The lowest BCUT2D eigenvalue weighted by molar-refractivity contribution is 0.0243. The fraction of sp³-hybridized carbons (Fsp3) is 0.548. The van der Waals surface area contributed by atoms with E-state index < -0.39 is 21.7 Å². The molecule has 2 amide bonds. The first kappa shape index (κ1) is 36.5. The summed E-state index contributed by atoms with van der Waals surface area (Å²) in [5.74, 6) is 0. The smallest absolute Gasteiger partial charge is 0.410 e. The van der Waals surface area contributed by atoms with Crippen molar-refractivity contribution in [1.29, 1.82) is 0 Å². The van der Waals surface area contributed by atoms with Crippen molar-refractivity contribution in [2.45, 2.75) is 76.4 Å². The van der Waals surface area contributed by atoms with E-state index in [0.29, 0.717) is 32.6 Å². The highest BCUT2D eigenvalue weighted by atomic mass is 79.9. The van der Waals surface area contributed by atoms with Crippen LogP contribution in [0.4, 0.5) is 9.59 Å². The molecule has 3 N–H and O–H groups in total. The molecule has 2 rings (SSSR count). The topological polar surface area (TPSA) is 126 Å². The summed E-state index contributed by atoms with van der Waals surface area (Å²) in [6.45, 7) is 9.35. The monoisotopic (exact) mass is 682 g/mol. The van der Waals surface area contributed by atoms with Crippen LogP contribution in [0.25, 0.3) is 0 Å². The van der Waals surface area contributed by atoms with E-state index in [-0.39, 0.29) is 17.6 Å². The van der Waals surface area contributed by atoms with Gasteiger partial charge in [-0.3, -0.25) is 0 Å². The highest BCUT2D eigenvalue weighted by molar-refractivity contribution is 9.10. The summed E-state index contributed by atoms with van der Waals surface area (Å²) >= 11 is 3.31. The van der Waals surface area contributed by atoms with E-state index in [4.69, 9.17) is 9.47 Å². The average Bonchev–Trinajstić information content (AvgIpc) is 2.95. The Morgan fingerprint density at radius 2 is 1.40 bits per heavy atom. The molecule has 240 valence electrons. The third-order valence-corrected chi connectivity index (χ3v) is 8.22. The first-order valence-electron chi connectivity index (χ1n) is 14.8. The Kier molecular flexibility index (Phi) is 16.6. The molecule has 43 heavy (non-hydrogen) atoms. The van der Waals surface area contributed by atoms with Gasteiger partial charge in [-0.15, -0.1) is 0 Å². The fourth-order valence-electron chi connectivity index (χ4n) is 3.97. The number of unbranched alkanes of at least 4 members (excludes halogenated alkanes) is 3. The predicted molar refractivity (Wildman–Crippen MR) is 172 cm³/mol. The molecule has 0 fully saturated rings. The normalized spacial score (nSPS) is 11.6. The van der Waals surface area contributed by atoms with Crippen molar-refractivity contribution in [2.75, 3.05) is 39.3 Å². The standard InChI is InChI=1S/C31H47BrN4O6S/c1-31(2,3)42-30(38)36(24-12-10-21-34-29(37)41-25-26-13-5-4-6-14-26)23-11-9-20-33-19-7-8-22-35-43(39,40)28-17-15-27(32)16-18-28/h4-6,13-18,33,35H,7-12,19-25H2,1-3H3,(H,34,37). The molecule has 0 bridgehead atoms. The van der Waals surface area contributed by atoms with Crippen molar-refractivity contribution in [2.24, 2.45) is 0 Å². The van der Waals surface area contributed by atoms with Crippen LogP contribution in [-0.2, 0) is 26.1 Å². The van der Waals surface area contributed by atoms with Crippen LogP contribution in [0.3, 0.4) is 0 Å². The Balaban J connectivity index is 1.58. The van der Waals surface area contributed by atoms with Crippen molar-refractivity contribution >= 4 is 38.1 Å². The first-order valence-corrected chi connectivity index (χ1v) is 17.1. The molecule has 0 heterocycles. The molecule has 12 heteroatoms. The van der Waals surface area contributed by atoms with Gasteiger partial charge in [-0.1, -0.05) is 46.3 Å². The van der Waals surface area contributed by atoms with Crippen molar-refractivity contribution in [1.82, 2.24) is 20.3 Å². The predicted octanol–water partition coefficient (Wildman–Crippen LogP) is 5.82. The van der Waals surface area contributed by atoms with Gasteiger partial charge in [0.1, 0.15) is 12.2 Å².